The molecule has 2 aromatic rings. The molecule has 7 nitrogen and oxygen atoms in total. The minimum absolute atomic E-state index is 0.0133. The molecule has 0 radical (unpaired) electrons. The molecule has 0 spiro atoms. The van der Waals surface area contributed by atoms with Crippen molar-refractivity contribution in [1.82, 2.24) is 15.0 Å². The van der Waals surface area contributed by atoms with Crippen molar-refractivity contribution in [3.8, 4) is 0 Å². The average Bonchev–Trinajstić information content (AvgIpc) is 2.63. The molecular weight excluding hydrogens is 327 g/mol. The van der Waals surface area contributed by atoms with Crippen LogP contribution in [0.25, 0.3) is 0 Å². The molecule has 1 amide bonds. The van der Waals surface area contributed by atoms with Gasteiger partial charge in [-0.15, -0.1) is 0 Å². The van der Waals surface area contributed by atoms with Gasteiger partial charge in [-0.1, -0.05) is 12.1 Å². The van der Waals surface area contributed by atoms with Gasteiger partial charge in [0.2, 0.25) is 11.7 Å². The molecule has 0 bridgehead atoms. The number of benzene rings is 1. The number of carbonyl (C=O) groups excluding carboxylic acids is 1. The Balaban J connectivity index is 1.66. The van der Waals surface area contributed by atoms with Gasteiger partial charge in [-0.2, -0.15) is 0 Å². The molecule has 0 aliphatic carbocycles. The highest BCUT2D eigenvalue weighted by Crippen LogP contribution is 2.14. The molecule has 8 heteroatoms. The number of anilines is 1. The largest absolute Gasteiger partial charge is 0.381 e. The Morgan fingerprint density at radius 1 is 1.36 bits per heavy atom. The van der Waals surface area contributed by atoms with Crippen LogP contribution in [0.2, 0.25) is 0 Å². The van der Waals surface area contributed by atoms with Gasteiger partial charge in [0.15, 0.2) is 0 Å². The van der Waals surface area contributed by atoms with Crippen LogP contribution >= 0.6 is 0 Å². The number of ether oxygens (including phenoxy) is 1. The van der Waals surface area contributed by atoms with Crippen molar-refractivity contribution in [3.05, 3.63) is 58.4 Å². The fraction of sp³-hybridized carbons (Fsp3) is 0.353. The molecule has 1 saturated heterocycles. The molecule has 1 aliphatic rings. The van der Waals surface area contributed by atoms with Crippen LogP contribution in [0.1, 0.15) is 18.4 Å². The first-order valence-electron chi connectivity index (χ1n) is 8.07. The predicted octanol–water partition coefficient (Wildman–Crippen LogP) is 1.30. The smallest absolute Gasteiger partial charge is 0.295 e. The van der Waals surface area contributed by atoms with Gasteiger partial charge in [0.05, 0.1) is 6.54 Å². The highest BCUT2D eigenvalue weighted by atomic mass is 19.1. The van der Waals surface area contributed by atoms with Crippen LogP contribution in [0.4, 0.5) is 10.2 Å². The summed E-state index contributed by atoms with van der Waals surface area (Å²) in [7, 11) is 0. The molecule has 2 N–H and O–H groups in total. The monoisotopic (exact) mass is 346 g/mol. The zero-order valence-corrected chi connectivity index (χ0v) is 13.6. The summed E-state index contributed by atoms with van der Waals surface area (Å²) in [6.45, 7) is 1.33. The summed E-state index contributed by atoms with van der Waals surface area (Å²) in [5.41, 5.74) is 5.37. The number of rotatable bonds is 5. The second-order valence-electron chi connectivity index (χ2n) is 5.84. The van der Waals surface area contributed by atoms with Gasteiger partial charge >= 0.3 is 0 Å². The van der Waals surface area contributed by atoms with Crippen LogP contribution in [-0.2, 0) is 16.1 Å². The topological polar surface area (TPSA) is 85.3 Å². The number of hydrazine groups is 1. The van der Waals surface area contributed by atoms with Crippen LogP contribution in [0.5, 0.6) is 0 Å². The van der Waals surface area contributed by atoms with Crippen molar-refractivity contribution in [1.29, 1.82) is 0 Å². The number of amides is 1. The van der Waals surface area contributed by atoms with Crippen molar-refractivity contribution >= 4 is 11.7 Å². The third-order valence-electron chi connectivity index (χ3n) is 4.05. The van der Waals surface area contributed by atoms with Crippen molar-refractivity contribution in [2.24, 2.45) is 5.92 Å². The Hall–Kier alpha value is -2.74. The molecule has 0 atom stereocenters. The number of hydrogen-bond donors (Lipinski definition) is 2. The number of aromatic nitrogens is 2. The minimum Gasteiger partial charge on any atom is -0.381 e. The average molecular weight is 346 g/mol. The molecule has 1 fully saturated rings. The molecule has 2 heterocycles. The van der Waals surface area contributed by atoms with E-state index in [1.54, 1.807) is 12.1 Å². The van der Waals surface area contributed by atoms with Crippen LogP contribution in [0, 0.1) is 11.7 Å². The van der Waals surface area contributed by atoms with E-state index in [9.17, 15) is 14.0 Å². The van der Waals surface area contributed by atoms with Gasteiger partial charge in [-0.05, 0) is 30.5 Å². The van der Waals surface area contributed by atoms with E-state index >= 15 is 0 Å². The minimum atomic E-state index is -0.404. The van der Waals surface area contributed by atoms with Crippen molar-refractivity contribution in [3.63, 3.8) is 0 Å². The zero-order chi connectivity index (χ0) is 17.6. The van der Waals surface area contributed by atoms with Gasteiger partial charge in [0.1, 0.15) is 5.82 Å². The Kier molecular flexibility index (Phi) is 5.39. The van der Waals surface area contributed by atoms with Gasteiger partial charge < -0.3 is 9.30 Å². The predicted molar refractivity (Wildman–Crippen MR) is 89.3 cm³/mol. The Bertz CT molecular complexity index is 802. The van der Waals surface area contributed by atoms with Crippen LogP contribution < -0.4 is 16.4 Å². The van der Waals surface area contributed by atoms with E-state index < -0.39 is 5.56 Å². The third kappa shape index (κ3) is 4.42. The first-order chi connectivity index (χ1) is 12.1. The summed E-state index contributed by atoms with van der Waals surface area (Å²) in [6.07, 6.45) is 4.27. The van der Waals surface area contributed by atoms with Gasteiger partial charge in [0.25, 0.3) is 5.56 Å². The molecule has 1 aromatic carbocycles. The first kappa shape index (κ1) is 17.1. The number of hydrogen-bond acceptors (Lipinski definition) is 5. The van der Waals surface area contributed by atoms with E-state index in [1.165, 1.54) is 29.1 Å². The summed E-state index contributed by atoms with van der Waals surface area (Å²) in [6, 6.07) is 6.03. The fourth-order valence-corrected chi connectivity index (χ4v) is 2.67. The molecule has 3 rings (SSSR count). The van der Waals surface area contributed by atoms with Crippen LogP contribution in [0.3, 0.4) is 0 Å². The van der Waals surface area contributed by atoms with E-state index in [1.807, 2.05) is 0 Å². The molecule has 1 aliphatic heterocycles. The maximum Gasteiger partial charge on any atom is 0.295 e. The lowest BCUT2D eigenvalue weighted by molar-refractivity contribution is -0.127. The molecule has 132 valence electrons. The quantitative estimate of drug-likeness (QED) is 0.797. The number of nitrogens with one attached hydrogen (secondary N) is 2. The van der Waals surface area contributed by atoms with E-state index in [2.05, 4.69) is 15.8 Å². The lowest BCUT2D eigenvalue weighted by Crippen LogP contribution is -2.40. The summed E-state index contributed by atoms with van der Waals surface area (Å²) in [4.78, 5) is 28.5. The SMILES string of the molecule is O=C(NNc1nccn(Cc2cccc(F)c2)c1=O)C1CCOCC1. The zero-order valence-electron chi connectivity index (χ0n) is 13.6. The summed E-state index contributed by atoms with van der Waals surface area (Å²) < 4.78 is 19.9. The van der Waals surface area contributed by atoms with E-state index in [-0.39, 0.29) is 30.0 Å². The molecule has 0 unspecified atom stereocenters. The van der Waals surface area contributed by atoms with Gasteiger partial charge in [-0.25, -0.2) is 9.37 Å². The van der Waals surface area contributed by atoms with E-state index in [0.29, 0.717) is 31.6 Å². The van der Waals surface area contributed by atoms with Crippen molar-refractivity contribution in [2.45, 2.75) is 19.4 Å². The molecular formula is C17H19FN4O3. The summed E-state index contributed by atoms with van der Waals surface area (Å²) in [5, 5.41) is 0. The summed E-state index contributed by atoms with van der Waals surface area (Å²) >= 11 is 0. The first-order valence-corrected chi connectivity index (χ1v) is 8.07. The van der Waals surface area contributed by atoms with Crippen molar-refractivity contribution in [2.75, 3.05) is 18.6 Å². The maximum absolute atomic E-state index is 13.3. The molecule has 1 aromatic heterocycles. The second kappa shape index (κ2) is 7.89. The number of nitrogens with zero attached hydrogens (tertiary/aromatic N) is 2. The second-order valence-corrected chi connectivity index (χ2v) is 5.84. The standard InChI is InChI=1S/C17H19FN4O3/c18-14-3-1-2-12(10-14)11-22-7-6-19-15(17(22)24)20-21-16(23)13-4-8-25-9-5-13/h1-3,6-7,10,13H,4-5,8-9,11H2,(H,19,20)(H,21,23). The van der Waals surface area contributed by atoms with Crippen LogP contribution in [-0.4, -0.2) is 28.7 Å². The van der Waals surface area contributed by atoms with Crippen molar-refractivity contribution < 1.29 is 13.9 Å². The number of halogens is 1. The maximum atomic E-state index is 13.3. The highest BCUT2D eigenvalue weighted by molar-refractivity contribution is 5.79. The van der Waals surface area contributed by atoms with E-state index in [0.717, 1.165) is 0 Å². The lowest BCUT2D eigenvalue weighted by atomic mass is 10.00. The van der Waals surface area contributed by atoms with Crippen LogP contribution in [0.15, 0.2) is 41.5 Å². The normalized spacial score (nSPS) is 14.9. The Morgan fingerprint density at radius 3 is 2.92 bits per heavy atom. The number of carbonyl (C=O) groups is 1. The van der Waals surface area contributed by atoms with Gasteiger partial charge in [-0.3, -0.25) is 20.4 Å². The molecule has 0 saturated carbocycles. The van der Waals surface area contributed by atoms with Gasteiger partial charge in [0, 0.05) is 31.5 Å². The lowest BCUT2D eigenvalue weighted by Gasteiger charge is -2.21. The third-order valence-corrected chi connectivity index (χ3v) is 4.05. The van der Waals surface area contributed by atoms with E-state index in [4.69, 9.17) is 4.74 Å². The Morgan fingerprint density at radius 2 is 2.16 bits per heavy atom. The molecule has 25 heavy (non-hydrogen) atoms. The fourth-order valence-electron chi connectivity index (χ4n) is 2.67. The summed E-state index contributed by atoms with van der Waals surface area (Å²) in [5.74, 6) is -0.675. The Labute approximate surface area is 143 Å². The highest BCUT2D eigenvalue weighted by Gasteiger charge is 2.21.